The van der Waals surface area contributed by atoms with Gasteiger partial charge in [-0.15, -0.1) is 10.2 Å². The minimum Gasteiger partial charge on any atom is -0.367 e. The Balaban J connectivity index is 2.54. The van der Waals surface area contributed by atoms with Crippen LogP contribution in [-0.2, 0) is 0 Å². The molecule has 0 bridgehead atoms. The molecule has 0 saturated carbocycles. The number of aromatic nitrogens is 2. The van der Waals surface area contributed by atoms with Gasteiger partial charge >= 0.3 is 0 Å². The molecule has 1 aromatic heterocycles. The van der Waals surface area contributed by atoms with Gasteiger partial charge in [-0.3, -0.25) is 4.79 Å². The Kier molecular flexibility index (Phi) is 4.65. The molecular formula is C10H17N5O. The summed E-state index contributed by atoms with van der Waals surface area (Å²) in [7, 11) is 1.55. The fraction of sp³-hybridized carbons (Fsp3) is 0.500. The van der Waals surface area contributed by atoms with E-state index in [1.165, 1.54) is 0 Å². The summed E-state index contributed by atoms with van der Waals surface area (Å²) in [5.74, 6) is 0.376. The lowest BCUT2D eigenvalue weighted by Gasteiger charge is -2.10. The summed E-state index contributed by atoms with van der Waals surface area (Å²) in [6.07, 6.45) is 0.900. The molecule has 0 aromatic carbocycles. The molecule has 0 saturated heterocycles. The molecule has 4 N–H and O–H groups in total. The Bertz CT molecular complexity index is 338. The third kappa shape index (κ3) is 3.47. The van der Waals surface area contributed by atoms with Crippen LogP contribution in [0.2, 0.25) is 0 Å². The van der Waals surface area contributed by atoms with Crippen LogP contribution in [0.3, 0.4) is 0 Å². The Labute approximate surface area is 94.6 Å². The molecule has 88 valence electrons. The van der Waals surface area contributed by atoms with Crippen molar-refractivity contribution in [3.63, 3.8) is 0 Å². The van der Waals surface area contributed by atoms with Crippen molar-refractivity contribution in [2.45, 2.75) is 19.4 Å². The highest BCUT2D eigenvalue weighted by Crippen LogP contribution is 2.02. The summed E-state index contributed by atoms with van der Waals surface area (Å²) in [6.45, 7) is 2.66. The summed E-state index contributed by atoms with van der Waals surface area (Å²) in [6, 6.07) is 3.42. The zero-order chi connectivity index (χ0) is 12.0. The molecule has 1 unspecified atom stereocenters. The third-order valence-corrected chi connectivity index (χ3v) is 2.19. The molecule has 0 fully saturated rings. The number of anilines is 1. The molecule has 1 heterocycles. The van der Waals surface area contributed by atoms with Crippen LogP contribution in [0, 0.1) is 0 Å². The highest BCUT2D eigenvalue weighted by molar-refractivity contribution is 5.91. The minimum absolute atomic E-state index is 0.0976. The van der Waals surface area contributed by atoms with Gasteiger partial charge in [0.25, 0.3) is 5.91 Å². The molecule has 6 nitrogen and oxygen atoms in total. The van der Waals surface area contributed by atoms with E-state index < -0.39 is 0 Å². The lowest BCUT2D eigenvalue weighted by Crippen LogP contribution is -2.28. The summed E-state index contributed by atoms with van der Waals surface area (Å²) < 4.78 is 0. The van der Waals surface area contributed by atoms with E-state index in [0.717, 1.165) is 6.42 Å². The van der Waals surface area contributed by atoms with Crippen molar-refractivity contribution in [1.29, 1.82) is 0 Å². The van der Waals surface area contributed by atoms with Gasteiger partial charge in [0.15, 0.2) is 5.69 Å². The predicted octanol–water partition coefficient (Wildman–Crippen LogP) is -0.0146. The first-order valence-electron chi connectivity index (χ1n) is 5.22. The Hall–Kier alpha value is -1.69. The zero-order valence-electron chi connectivity index (χ0n) is 9.53. The lowest BCUT2D eigenvalue weighted by atomic mass is 10.2. The smallest absolute Gasteiger partial charge is 0.271 e. The maximum atomic E-state index is 11.2. The molecule has 1 aromatic rings. The fourth-order valence-electron chi connectivity index (χ4n) is 1.06. The number of nitrogens with two attached hydrogens (primary N) is 1. The average Bonchev–Trinajstić information content (AvgIpc) is 2.35. The molecule has 1 amide bonds. The van der Waals surface area contributed by atoms with Crippen LogP contribution in [0.25, 0.3) is 0 Å². The van der Waals surface area contributed by atoms with Crippen LogP contribution in [0.15, 0.2) is 12.1 Å². The fourth-order valence-corrected chi connectivity index (χ4v) is 1.06. The minimum atomic E-state index is -0.246. The maximum Gasteiger partial charge on any atom is 0.271 e. The summed E-state index contributed by atoms with van der Waals surface area (Å²) >= 11 is 0. The van der Waals surface area contributed by atoms with Gasteiger partial charge in [0, 0.05) is 19.6 Å². The SMILES string of the molecule is CCC(N)CNc1ccc(C(=O)NC)nn1. The zero-order valence-corrected chi connectivity index (χ0v) is 9.53. The van der Waals surface area contributed by atoms with E-state index in [4.69, 9.17) is 5.73 Å². The largest absolute Gasteiger partial charge is 0.367 e. The number of nitrogens with zero attached hydrogens (tertiary/aromatic N) is 2. The lowest BCUT2D eigenvalue weighted by molar-refractivity contribution is 0.0957. The van der Waals surface area contributed by atoms with E-state index in [-0.39, 0.29) is 11.9 Å². The van der Waals surface area contributed by atoms with Crippen molar-refractivity contribution in [3.05, 3.63) is 17.8 Å². The summed E-state index contributed by atoms with van der Waals surface area (Å²) in [5.41, 5.74) is 6.04. The molecule has 0 aliphatic carbocycles. The summed E-state index contributed by atoms with van der Waals surface area (Å²) in [4.78, 5) is 11.2. The molecule has 16 heavy (non-hydrogen) atoms. The van der Waals surface area contributed by atoms with Crippen molar-refractivity contribution in [2.24, 2.45) is 5.73 Å². The number of carbonyl (C=O) groups is 1. The molecule has 0 aliphatic rings. The number of nitrogens with one attached hydrogen (secondary N) is 2. The number of hydrogen-bond acceptors (Lipinski definition) is 5. The Morgan fingerprint density at radius 2 is 2.25 bits per heavy atom. The van der Waals surface area contributed by atoms with Crippen LogP contribution < -0.4 is 16.4 Å². The average molecular weight is 223 g/mol. The van der Waals surface area contributed by atoms with Crippen molar-refractivity contribution in [1.82, 2.24) is 15.5 Å². The second-order valence-electron chi connectivity index (χ2n) is 3.43. The molecule has 0 radical (unpaired) electrons. The normalized spacial score (nSPS) is 11.9. The first-order valence-corrected chi connectivity index (χ1v) is 5.22. The van der Waals surface area contributed by atoms with Crippen molar-refractivity contribution in [3.8, 4) is 0 Å². The van der Waals surface area contributed by atoms with Gasteiger partial charge in [0.1, 0.15) is 5.82 Å². The van der Waals surface area contributed by atoms with E-state index in [1.54, 1.807) is 19.2 Å². The van der Waals surface area contributed by atoms with Crippen LogP contribution in [0.1, 0.15) is 23.8 Å². The molecule has 0 spiro atoms. The number of amides is 1. The van der Waals surface area contributed by atoms with E-state index in [1.807, 2.05) is 6.92 Å². The van der Waals surface area contributed by atoms with Crippen molar-refractivity contribution >= 4 is 11.7 Å². The summed E-state index contributed by atoms with van der Waals surface area (Å²) in [5, 5.41) is 13.2. The number of carbonyl (C=O) groups excluding carboxylic acids is 1. The monoisotopic (exact) mass is 223 g/mol. The van der Waals surface area contributed by atoms with E-state index in [9.17, 15) is 4.79 Å². The molecule has 6 heteroatoms. The van der Waals surface area contributed by atoms with Gasteiger partial charge < -0.3 is 16.4 Å². The quantitative estimate of drug-likeness (QED) is 0.652. The van der Waals surface area contributed by atoms with E-state index >= 15 is 0 Å². The maximum absolute atomic E-state index is 11.2. The molecule has 1 rings (SSSR count). The van der Waals surface area contributed by atoms with Crippen LogP contribution >= 0.6 is 0 Å². The second kappa shape index (κ2) is 6.02. The Morgan fingerprint density at radius 3 is 2.75 bits per heavy atom. The first-order chi connectivity index (χ1) is 7.67. The second-order valence-corrected chi connectivity index (χ2v) is 3.43. The molecular weight excluding hydrogens is 206 g/mol. The van der Waals surface area contributed by atoms with Gasteiger partial charge in [-0.2, -0.15) is 0 Å². The Morgan fingerprint density at radius 1 is 1.50 bits per heavy atom. The standard InChI is InChI=1S/C10H17N5O/c1-3-7(11)6-13-9-5-4-8(14-15-9)10(16)12-2/h4-5,7H,3,6,11H2,1-2H3,(H,12,16)(H,13,15). The highest BCUT2D eigenvalue weighted by atomic mass is 16.1. The number of rotatable bonds is 5. The first kappa shape index (κ1) is 12.4. The predicted molar refractivity (Wildman–Crippen MR) is 62.2 cm³/mol. The van der Waals surface area contributed by atoms with Crippen molar-refractivity contribution in [2.75, 3.05) is 18.9 Å². The van der Waals surface area contributed by atoms with Gasteiger partial charge in [-0.25, -0.2) is 0 Å². The topological polar surface area (TPSA) is 92.9 Å². The molecule has 0 aliphatic heterocycles. The molecule has 1 atom stereocenters. The van der Waals surface area contributed by atoms with Crippen molar-refractivity contribution < 1.29 is 4.79 Å². The van der Waals surface area contributed by atoms with Gasteiger partial charge in [0.05, 0.1) is 0 Å². The highest BCUT2D eigenvalue weighted by Gasteiger charge is 2.05. The van der Waals surface area contributed by atoms with Gasteiger partial charge in [-0.1, -0.05) is 6.92 Å². The third-order valence-electron chi connectivity index (χ3n) is 2.19. The van der Waals surface area contributed by atoms with Crippen LogP contribution in [0.4, 0.5) is 5.82 Å². The number of hydrogen-bond donors (Lipinski definition) is 3. The van der Waals surface area contributed by atoms with Gasteiger partial charge in [-0.05, 0) is 18.6 Å². The van der Waals surface area contributed by atoms with Crippen LogP contribution in [-0.4, -0.2) is 35.7 Å². The van der Waals surface area contributed by atoms with Gasteiger partial charge in [0.2, 0.25) is 0 Å². The van der Waals surface area contributed by atoms with E-state index in [2.05, 4.69) is 20.8 Å². The van der Waals surface area contributed by atoms with Crippen LogP contribution in [0.5, 0.6) is 0 Å². The van der Waals surface area contributed by atoms with E-state index in [0.29, 0.717) is 18.1 Å².